The van der Waals surface area contributed by atoms with Crippen LogP contribution >= 0.6 is 23.5 Å². The van der Waals surface area contributed by atoms with Crippen molar-refractivity contribution in [2.75, 3.05) is 11.5 Å². The number of para-hydroxylation sites is 2. The Morgan fingerprint density at radius 1 is 1.03 bits per heavy atom. The number of Topliss-reactive ketones (excluding diaryl/α,β-unsaturated/α-hetero) is 1. The van der Waals surface area contributed by atoms with Crippen LogP contribution < -0.4 is 5.32 Å². The number of rotatable bonds is 13. The average Bonchev–Trinajstić information content (AvgIpc) is 3.15. The lowest BCUT2D eigenvalue weighted by atomic mass is 10.1. The van der Waals surface area contributed by atoms with Gasteiger partial charge in [0.25, 0.3) is 5.89 Å². The Morgan fingerprint density at radius 2 is 1.68 bits per heavy atom. The highest BCUT2D eigenvalue weighted by Crippen LogP contribution is 2.28. The minimum atomic E-state index is -0.630. The molecule has 2 rings (SSSR count). The fourth-order valence-electron chi connectivity index (χ4n) is 3.09. The summed E-state index contributed by atoms with van der Waals surface area (Å²) in [5, 5.41) is 2.98. The number of benzene rings is 1. The monoisotopic (exact) mass is 464 g/mol. The van der Waals surface area contributed by atoms with Gasteiger partial charge in [0.1, 0.15) is 5.52 Å². The summed E-state index contributed by atoms with van der Waals surface area (Å²) in [6.07, 6.45) is 1.33. The zero-order valence-electron chi connectivity index (χ0n) is 19.5. The Labute approximate surface area is 194 Å². The van der Waals surface area contributed by atoms with Crippen molar-refractivity contribution in [1.82, 2.24) is 10.3 Å². The number of thioether (sulfide) groups is 2. The molecule has 1 aromatic carbocycles. The number of carbonyl (C=O) groups is 2. The highest BCUT2D eigenvalue weighted by molar-refractivity contribution is 8.04. The van der Waals surface area contributed by atoms with Crippen LogP contribution in [0.1, 0.15) is 65.1 Å². The summed E-state index contributed by atoms with van der Waals surface area (Å²) >= 11 is 3.51. The maximum atomic E-state index is 13.3. The summed E-state index contributed by atoms with van der Waals surface area (Å²) in [6.45, 7) is 12.8. The summed E-state index contributed by atoms with van der Waals surface area (Å²) in [7, 11) is 0. The first-order valence-electron chi connectivity index (χ1n) is 11.2. The molecule has 172 valence electrons. The van der Waals surface area contributed by atoms with Crippen molar-refractivity contribution in [3.8, 4) is 0 Å². The van der Waals surface area contributed by atoms with Gasteiger partial charge in [-0.25, -0.2) is 4.98 Å². The number of oxazole rings is 1. The minimum absolute atomic E-state index is 0.0635. The van der Waals surface area contributed by atoms with Gasteiger partial charge in [0, 0.05) is 5.25 Å². The summed E-state index contributed by atoms with van der Waals surface area (Å²) in [6, 6.07) is 6.68. The van der Waals surface area contributed by atoms with Gasteiger partial charge in [-0.15, -0.1) is 11.8 Å². The van der Waals surface area contributed by atoms with Gasteiger partial charge in [-0.1, -0.05) is 60.1 Å². The molecular formula is C24H36N2O3S2. The fraction of sp³-hybridized carbons (Fsp3) is 0.625. The van der Waals surface area contributed by atoms with Gasteiger partial charge >= 0.3 is 0 Å². The molecule has 0 fully saturated rings. The lowest BCUT2D eigenvalue weighted by Crippen LogP contribution is -2.47. The maximum Gasteiger partial charge on any atom is 0.266 e. The summed E-state index contributed by atoms with van der Waals surface area (Å²) in [5.74, 6) is 2.71. The Morgan fingerprint density at radius 3 is 2.29 bits per heavy atom. The number of nitrogens with one attached hydrogen (secondary N) is 1. The van der Waals surface area contributed by atoms with E-state index >= 15 is 0 Å². The van der Waals surface area contributed by atoms with Crippen molar-refractivity contribution in [3.05, 3.63) is 30.2 Å². The molecule has 1 heterocycles. The molecule has 2 aromatic rings. The van der Waals surface area contributed by atoms with Gasteiger partial charge in [0.2, 0.25) is 11.7 Å². The van der Waals surface area contributed by atoms with Gasteiger partial charge in [-0.3, -0.25) is 9.59 Å². The maximum absolute atomic E-state index is 13.3. The molecule has 0 aliphatic carbocycles. The predicted molar refractivity (Wildman–Crippen MR) is 133 cm³/mol. The Balaban J connectivity index is 2.16. The summed E-state index contributed by atoms with van der Waals surface area (Å²) in [4.78, 5) is 30.8. The van der Waals surface area contributed by atoms with Gasteiger partial charge < -0.3 is 9.73 Å². The lowest BCUT2D eigenvalue weighted by molar-refractivity contribution is -0.121. The van der Waals surface area contributed by atoms with E-state index in [1.54, 1.807) is 17.8 Å². The van der Waals surface area contributed by atoms with E-state index in [0.717, 1.165) is 17.9 Å². The third kappa shape index (κ3) is 7.86. The fourth-order valence-corrected chi connectivity index (χ4v) is 5.63. The molecule has 0 aliphatic heterocycles. The van der Waals surface area contributed by atoms with Crippen LogP contribution in [0.25, 0.3) is 11.1 Å². The van der Waals surface area contributed by atoms with E-state index in [0.29, 0.717) is 29.4 Å². The lowest BCUT2D eigenvalue weighted by Gasteiger charge is -2.26. The van der Waals surface area contributed by atoms with E-state index in [1.165, 1.54) is 0 Å². The number of amides is 1. The second-order valence-corrected chi connectivity index (χ2v) is 11.4. The molecule has 0 bridgehead atoms. The molecule has 1 N–H and O–H groups in total. The molecule has 0 radical (unpaired) electrons. The number of aromatic nitrogens is 1. The first-order valence-corrected chi connectivity index (χ1v) is 13.3. The van der Waals surface area contributed by atoms with Gasteiger partial charge in [-0.05, 0) is 41.9 Å². The first-order chi connectivity index (χ1) is 14.7. The van der Waals surface area contributed by atoms with Gasteiger partial charge in [0.05, 0.1) is 11.3 Å². The molecule has 3 unspecified atom stereocenters. The molecule has 5 nitrogen and oxygen atoms in total. The van der Waals surface area contributed by atoms with Crippen LogP contribution in [-0.2, 0) is 4.79 Å². The SMILES string of the molecule is CCCC(NC(=O)C(SCC(C)C)C(C)SCC(C)C)C(=O)c1nc2ccccc2o1. The van der Waals surface area contributed by atoms with E-state index in [1.807, 2.05) is 36.9 Å². The van der Waals surface area contributed by atoms with Crippen LogP contribution in [0.5, 0.6) is 0 Å². The molecule has 7 heteroatoms. The zero-order chi connectivity index (χ0) is 23.0. The second kappa shape index (κ2) is 12.5. The molecular weight excluding hydrogens is 428 g/mol. The van der Waals surface area contributed by atoms with Crippen molar-refractivity contribution in [1.29, 1.82) is 0 Å². The highest BCUT2D eigenvalue weighted by atomic mass is 32.2. The normalized spacial score (nSPS) is 14.7. The molecule has 3 atom stereocenters. The molecule has 1 aromatic heterocycles. The van der Waals surface area contributed by atoms with Crippen molar-refractivity contribution < 1.29 is 14.0 Å². The molecule has 0 spiro atoms. The van der Waals surface area contributed by atoms with E-state index in [9.17, 15) is 9.59 Å². The van der Waals surface area contributed by atoms with Crippen molar-refractivity contribution in [3.63, 3.8) is 0 Å². The van der Waals surface area contributed by atoms with E-state index in [-0.39, 0.29) is 28.1 Å². The average molecular weight is 465 g/mol. The highest BCUT2D eigenvalue weighted by Gasteiger charge is 2.32. The molecule has 0 aliphatic rings. The third-order valence-electron chi connectivity index (χ3n) is 4.70. The van der Waals surface area contributed by atoms with Gasteiger partial charge in [0.15, 0.2) is 5.58 Å². The number of hydrogen-bond donors (Lipinski definition) is 1. The Kier molecular flexibility index (Phi) is 10.4. The quantitative estimate of drug-likeness (QED) is 0.376. The van der Waals surface area contributed by atoms with E-state index < -0.39 is 6.04 Å². The van der Waals surface area contributed by atoms with E-state index in [4.69, 9.17) is 4.42 Å². The number of fused-ring (bicyclic) bond motifs is 1. The molecule has 1 amide bonds. The van der Waals surface area contributed by atoms with Crippen LogP contribution in [0, 0.1) is 11.8 Å². The predicted octanol–water partition coefficient (Wildman–Crippen LogP) is 5.83. The minimum Gasteiger partial charge on any atom is -0.434 e. The zero-order valence-corrected chi connectivity index (χ0v) is 21.1. The van der Waals surface area contributed by atoms with Crippen molar-refractivity contribution in [2.45, 2.75) is 70.9 Å². The molecule has 0 saturated carbocycles. The van der Waals surface area contributed by atoms with Crippen LogP contribution in [0.2, 0.25) is 0 Å². The first kappa shape index (κ1) is 25.8. The smallest absolute Gasteiger partial charge is 0.266 e. The topological polar surface area (TPSA) is 72.2 Å². The van der Waals surface area contributed by atoms with Gasteiger partial charge in [-0.2, -0.15) is 11.8 Å². The number of carbonyl (C=O) groups excluding carboxylic acids is 2. The van der Waals surface area contributed by atoms with Crippen LogP contribution in [0.15, 0.2) is 28.7 Å². The summed E-state index contributed by atoms with van der Waals surface area (Å²) in [5.41, 5.74) is 1.23. The third-order valence-corrected chi connectivity index (χ3v) is 8.37. The van der Waals surface area contributed by atoms with Crippen molar-refractivity contribution >= 4 is 46.3 Å². The summed E-state index contributed by atoms with van der Waals surface area (Å²) < 4.78 is 5.67. The molecule has 0 saturated heterocycles. The Hall–Kier alpha value is -1.47. The van der Waals surface area contributed by atoms with Crippen molar-refractivity contribution in [2.24, 2.45) is 11.8 Å². The standard InChI is InChI=1S/C24H36N2O3S2/c1-7-10-19(21(27)24-26-18-11-8-9-12-20(18)29-24)25-23(28)22(31-14-16(4)5)17(6)30-13-15(2)3/h8-9,11-12,15-17,19,22H,7,10,13-14H2,1-6H3,(H,25,28). The molecule has 31 heavy (non-hydrogen) atoms. The number of hydrogen-bond acceptors (Lipinski definition) is 6. The van der Waals surface area contributed by atoms with E-state index in [2.05, 4.69) is 44.9 Å². The van der Waals surface area contributed by atoms with Crippen LogP contribution in [0.4, 0.5) is 0 Å². The largest absolute Gasteiger partial charge is 0.434 e. The Bertz CT molecular complexity index is 817. The second-order valence-electron chi connectivity index (χ2n) is 8.78. The van der Waals surface area contributed by atoms with Crippen LogP contribution in [0.3, 0.4) is 0 Å². The number of ketones is 1. The van der Waals surface area contributed by atoms with Crippen LogP contribution in [-0.4, -0.2) is 44.7 Å². The number of nitrogens with zero attached hydrogens (tertiary/aromatic N) is 1.